The van der Waals surface area contributed by atoms with E-state index in [4.69, 9.17) is 5.73 Å². The fourth-order valence-electron chi connectivity index (χ4n) is 2.42. The highest BCUT2D eigenvalue weighted by Gasteiger charge is 2.28. The maximum Gasteiger partial charge on any atom is 0.0591 e. The lowest BCUT2D eigenvalue weighted by Crippen LogP contribution is -2.44. The van der Waals surface area contributed by atoms with Crippen molar-refractivity contribution in [3.63, 3.8) is 0 Å². The summed E-state index contributed by atoms with van der Waals surface area (Å²) in [5.74, 6) is 0. The average molecular weight is 319 g/mol. The minimum absolute atomic E-state index is 0.107. The Kier molecular flexibility index (Phi) is 4.60. The summed E-state index contributed by atoms with van der Waals surface area (Å²) in [6.45, 7) is 3.93. The summed E-state index contributed by atoms with van der Waals surface area (Å²) in [5, 5.41) is 11.7. The van der Waals surface area contributed by atoms with E-state index in [-0.39, 0.29) is 18.2 Å². The third-order valence-corrected chi connectivity index (χ3v) is 5.03. The van der Waals surface area contributed by atoms with Gasteiger partial charge in [0.15, 0.2) is 0 Å². The minimum atomic E-state index is -0.130. The molecule has 0 amide bonds. The standard InChI is InChI=1S/C12H19BrN2OS/c1-8(14)12(11-6-9(13)7-17-11)15-4-2-10(16)3-5-15/h6-8,10,12,16H,2-5,14H2,1H3. The molecular weight excluding hydrogens is 300 g/mol. The molecule has 1 fully saturated rings. The molecule has 3 nitrogen and oxygen atoms in total. The van der Waals surface area contributed by atoms with Gasteiger partial charge in [0.25, 0.3) is 0 Å². The van der Waals surface area contributed by atoms with Crippen molar-refractivity contribution in [1.29, 1.82) is 0 Å². The number of nitrogens with two attached hydrogens (primary N) is 1. The zero-order chi connectivity index (χ0) is 12.4. The van der Waals surface area contributed by atoms with Crippen LogP contribution in [0.5, 0.6) is 0 Å². The Hall–Kier alpha value is 0.0600. The number of rotatable bonds is 3. The topological polar surface area (TPSA) is 49.5 Å². The molecule has 3 N–H and O–H groups in total. The van der Waals surface area contributed by atoms with Crippen LogP contribution < -0.4 is 5.73 Å². The molecule has 1 aliphatic rings. The zero-order valence-electron chi connectivity index (χ0n) is 9.97. The highest BCUT2D eigenvalue weighted by atomic mass is 79.9. The molecule has 1 saturated heterocycles. The van der Waals surface area contributed by atoms with Crippen molar-refractivity contribution in [3.8, 4) is 0 Å². The zero-order valence-corrected chi connectivity index (χ0v) is 12.4. The van der Waals surface area contributed by atoms with Gasteiger partial charge in [0.05, 0.1) is 12.1 Å². The molecule has 2 unspecified atom stereocenters. The van der Waals surface area contributed by atoms with E-state index in [0.717, 1.165) is 30.4 Å². The van der Waals surface area contributed by atoms with Gasteiger partial charge in [-0.05, 0) is 41.8 Å². The lowest BCUT2D eigenvalue weighted by molar-refractivity contribution is 0.0558. The Morgan fingerprint density at radius 2 is 2.18 bits per heavy atom. The molecule has 2 rings (SSSR count). The van der Waals surface area contributed by atoms with E-state index in [9.17, 15) is 5.11 Å². The van der Waals surface area contributed by atoms with Crippen molar-refractivity contribution in [2.75, 3.05) is 13.1 Å². The van der Waals surface area contributed by atoms with Gasteiger partial charge < -0.3 is 10.8 Å². The van der Waals surface area contributed by atoms with Crippen molar-refractivity contribution < 1.29 is 5.11 Å². The van der Waals surface area contributed by atoms with Crippen molar-refractivity contribution in [3.05, 3.63) is 20.8 Å². The van der Waals surface area contributed by atoms with Crippen LogP contribution in [0.2, 0.25) is 0 Å². The fourth-order valence-corrected chi connectivity index (χ4v) is 4.11. The molecule has 0 aromatic carbocycles. The van der Waals surface area contributed by atoms with E-state index >= 15 is 0 Å². The van der Waals surface area contributed by atoms with E-state index in [0.29, 0.717) is 0 Å². The second-order valence-electron chi connectivity index (χ2n) is 4.74. The van der Waals surface area contributed by atoms with Crippen LogP contribution in [-0.4, -0.2) is 35.2 Å². The molecule has 2 atom stereocenters. The number of nitrogens with zero attached hydrogens (tertiary/aromatic N) is 1. The lowest BCUT2D eigenvalue weighted by atomic mass is 10.0. The molecule has 0 saturated carbocycles. The van der Waals surface area contributed by atoms with Crippen molar-refractivity contribution in [1.82, 2.24) is 4.90 Å². The summed E-state index contributed by atoms with van der Waals surface area (Å²) in [6.07, 6.45) is 1.58. The SMILES string of the molecule is CC(N)C(c1cc(Br)cs1)N1CCC(O)CC1. The summed E-state index contributed by atoms with van der Waals surface area (Å²) in [6, 6.07) is 2.54. The quantitative estimate of drug-likeness (QED) is 0.899. The molecule has 1 aliphatic heterocycles. The van der Waals surface area contributed by atoms with E-state index in [1.54, 1.807) is 11.3 Å². The molecule has 17 heavy (non-hydrogen) atoms. The lowest BCUT2D eigenvalue weighted by Gasteiger charge is -2.37. The van der Waals surface area contributed by atoms with Crippen LogP contribution in [-0.2, 0) is 0 Å². The van der Waals surface area contributed by atoms with Crippen LogP contribution in [0.15, 0.2) is 15.9 Å². The van der Waals surface area contributed by atoms with E-state index in [2.05, 4.69) is 39.2 Å². The molecule has 1 aromatic rings. The van der Waals surface area contributed by atoms with Gasteiger partial charge in [-0.15, -0.1) is 11.3 Å². The van der Waals surface area contributed by atoms with Crippen LogP contribution in [0.3, 0.4) is 0 Å². The molecule has 0 radical (unpaired) electrons. The highest BCUT2D eigenvalue weighted by Crippen LogP contribution is 2.32. The second kappa shape index (κ2) is 5.80. The van der Waals surface area contributed by atoms with Crippen molar-refractivity contribution >= 4 is 27.3 Å². The van der Waals surface area contributed by atoms with Gasteiger partial charge in [0.1, 0.15) is 0 Å². The maximum absolute atomic E-state index is 9.56. The van der Waals surface area contributed by atoms with Crippen LogP contribution in [0, 0.1) is 0 Å². The normalized spacial score (nSPS) is 22.6. The molecule has 5 heteroatoms. The van der Waals surface area contributed by atoms with Crippen LogP contribution in [0.1, 0.15) is 30.7 Å². The number of hydrogen-bond acceptors (Lipinski definition) is 4. The number of halogens is 1. The van der Waals surface area contributed by atoms with Gasteiger partial charge in [-0.25, -0.2) is 0 Å². The molecule has 96 valence electrons. The van der Waals surface area contributed by atoms with E-state index < -0.39 is 0 Å². The first-order valence-corrected chi connectivity index (χ1v) is 7.67. The molecule has 2 heterocycles. The summed E-state index contributed by atoms with van der Waals surface area (Å²) in [7, 11) is 0. The first-order valence-electron chi connectivity index (χ1n) is 5.99. The summed E-state index contributed by atoms with van der Waals surface area (Å²) in [4.78, 5) is 3.71. The molecular formula is C12H19BrN2OS. The van der Waals surface area contributed by atoms with E-state index in [1.807, 2.05) is 0 Å². The van der Waals surface area contributed by atoms with E-state index in [1.165, 1.54) is 4.88 Å². The summed E-state index contributed by atoms with van der Waals surface area (Å²) in [5.41, 5.74) is 6.13. The van der Waals surface area contributed by atoms with Gasteiger partial charge in [-0.3, -0.25) is 4.90 Å². The number of aliphatic hydroxyl groups excluding tert-OH is 1. The summed E-state index contributed by atoms with van der Waals surface area (Å²) >= 11 is 5.24. The third-order valence-electron chi connectivity index (χ3n) is 3.27. The first-order chi connectivity index (χ1) is 8.08. The Morgan fingerprint density at radius 3 is 2.65 bits per heavy atom. The number of aliphatic hydroxyl groups is 1. The van der Waals surface area contributed by atoms with Crippen molar-refractivity contribution in [2.45, 2.75) is 38.0 Å². The predicted octanol–water partition coefficient (Wildman–Crippen LogP) is 2.36. The molecule has 0 spiro atoms. The van der Waals surface area contributed by atoms with Gasteiger partial charge >= 0.3 is 0 Å². The average Bonchev–Trinajstić information content (AvgIpc) is 2.68. The number of likely N-dealkylation sites (tertiary alicyclic amines) is 1. The predicted molar refractivity (Wildman–Crippen MR) is 75.2 cm³/mol. The van der Waals surface area contributed by atoms with Crippen molar-refractivity contribution in [2.24, 2.45) is 5.73 Å². The Balaban J connectivity index is 2.12. The first kappa shape index (κ1) is 13.5. The molecule has 1 aromatic heterocycles. The number of piperidine rings is 1. The number of hydrogen-bond donors (Lipinski definition) is 2. The smallest absolute Gasteiger partial charge is 0.0591 e. The maximum atomic E-state index is 9.56. The Labute approximate surface area is 115 Å². The highest BCUT2D eigenvalue weighted by molar-refractivity contribution is 9.10. The monoisotopic (exact) mass is 318 g/mol. The summed E-state index contributed by atoms with van der Waals surface area (Å²) < 4.78 is 1.13. The van der Waals surface area contributed by atoms with Gasteiger partial charge in [-0.2, -0.15) is 0 Å². The van der Waals surface area contributed by atoms with Gasteiger partial charge in [0.2, 0.25) is 0 Å². The van der Waals surface area contributed by atoms with Crippen LogP contribution in [0.4, 0.5) is 0 Å². The fraction of sp³-hybridized carbons (Fsp3) is 0.667. The minimum Gasteiger partial charge on any atom is -0.393 e. The van der Waals surface area contributed by atoms with Crippen LogP contribution in [0.25, 0.3) is 0 Å². The second-order valence-corrected chi connectivity index (χ2v) is 6.60. The van der Waals surface area contributed by atoms with Gasteiger partial charge in [0, 0.05) is 33.9 Å². The largest absolute Gasteiger partial charge is 0.393 e. The Bertz CT molecular complexity index is 361. The third kappa shape index (κ3) is 3.29. The molecule has 0 aliphatic carbocycles. The Morgan fingerprint density at radius 1 is 1.53 bits per heavy atom. The number of thiophene rings is 1. The van der Waals surface area contributed by atoms with Crippen LogP contribution >= 0.6 is 27.3 Å². The molecule has 0 bridgehead atoms. The van der Waals surface area contributed by atoms with Gasteiger partial charge in [-0.1, -0.05) is 0 Å².